The van der Waals surface area contributed by atoms with Crippen molar-refractivity contribution >= 4 is 27.5 Å². The third-order valence-electron chi connectivity index (χ3n) is 5.68. The molecule has 0 bridgehead atoms. The molecule has 0 radical (unpaired) electrons. The Bertz CT molecular complexity index is 1080. The number of nitrogens with zero attached hydrogens (tertiary/aromatic N) is 2. The van der Waals surface area contributed by atoms with E-state index in [-0.39, 0.29) is 23.3 Å². The number of nitrogens with one attached hydrogen (secondary N) is 1. The number of rotatable bonds is 8. The van der Waals surface area contributed by atoms with Crippen LogP contribution in [0.3, 0.4) is 0 Å². The molecule has 8 nitrogen and oxygen atoms in total. The summed E-state index contributed by atoms with van der Waals surface area (Å²) >= 11 is 0. The number of hydrogen-bond acceptors (Lipinski definition) is 5. The fourth-order valence-electron chi connectivity index (χ4n) is 3.96. The van der Waals surface area contributed by atoms with E-state index in [9.17, 15) is 18.0 Å². The lowest BCUT2D eigenvalue weighted by molar-refractivity contribution is -0.117. The number of hydrogen-bond donors (Lipinski definition) is 1. The molecule has 2 aliphatic rings. The van der Waals surface area contributed by atoms with Crippen molar-refractivity contribution < 1.29 is 22.7 Å². The molecule has 0 aliphatic carbocycles. The van der Waals surface area contributed by atoms with E-state index in [0.717, 1.165) is 24.9 Å². The zero-order valence-corrected chi connectivity index (χ0v) is 18.6. The van der Waals surface area contributed by atoms with E-state index >= 15 is 0 Å². The molecule has 0 spiro atoms. The number of benzene rings is 2. The first-order valence-electron chi connectivity index (χ1n) is 10.9. The van der Waals surface area contributed by atoms with Crippen molar-refractivity contribution in [1.82, 2.24) is 9.62 Å². The van der Waals surface area contributed by atoms with Crippen molar-refractivity contribution in [3.8, 4) is 5.75 Å². The van der Waals surface area contributed by atoms with E-state index in [1.165, 1.54) is 4.31 Å². The van der Waals surface area contributed by atoms with E-state index in [1.54, 1.807) is 47.4 Å². The van der Waals surface area contributed by atoms with Gasteiger partial charge in [-0.15, -0.1) is 0 Å². The Kier molecular flexibility index (Phi) is 6.76. The van der Waals surface area contributed by atoms with Crippen molar-refractivity contribution in [3.05, 3.63) is 54.1 Å². The second-order valence-electron chi connectivity index (χ2n) is 7.89. The molecule has 2 heterocycles. The SMILES string of the molecule is O=C(NCCOc1ccc(S(=O)(=O)N2CCCC2)cc1)c1cccc(N2CCCC2=O)c1. The van der Waals surface area contributed by atoms with E-state index < -0.39 is 10.0 Å². The molecule has 2 aromatic rings. The molecule has 2 fully saturated rings. The standard InChI is InChI=1S/C23H27N3O5S/c27-22-7-4-15-26(22)19-6-3-5-18(17-19)23(28)24-12-16-31-20-8-10-21(11-9-20)32(29,30)25-13-1-2-14-25/h3,5-6,8-11,17H,1-2,4,7,12-16H2,(H,24,28). The zero-order valence-electron chi connectivity index (χ0n) is 17.8. The van der Waals surface area contributed by atoms with E-state index in [0.29, 0.717) is 43.9 Å². The highest BCUT2D eigenvalue weighted by Gasteiger charge is 2.27. The molecule has 1 N–H and O–H groups in total. The molecule has 2 aromatic carbocycles. The molecule has 170 valence electrons. The van der Waals surface area contributed by atoms with Gasteiger partial charge < -0.3 is 15.0 Å². The summed E-state index contributed by atoms with van der Waals surface area (Å²) in [6, 6.07) is 13.4. The highest BCUT2D eigenvalue weighted by atomic mass is 32.2. The third-order valence-corrected chi connectivity index (χ3v) is 7.59. The molecule has 2 amide bonds. The quantitative estimate of drug-likeness (QED) is 0.614. The first-order valence-corrected chi connectivity index (χ1v) is 12.3. The lowest BCUT2D eigenvalue weighted by Gasteiger charge is -2.16. The first kappa shape index (κ1) is 22.3. The van der Waals surface area contributed by atoms with Gasteiger partial charge in [0.05, 0.1) is 11.4 Å². The number of amides is 2. The van der Waals surface area contributed by atoms with Gasteiger partial charge in [0.2, 0.25) is 15.9 Å². The second kappa shape index (κ2) is 9.70. The number of carbonyl (C=O) groups excluding carboxylic acids is 2. The molecule has 32 heavy (non-hydrogen) atoms. The molecule has 0 atom stereocenters. The van der Waals surface area contributed by atoms with E-state index in [1.807, 2.05) is 6.07 Å². The van der Waals surface area contributed by atoms with Crippen LogP contribution in [-0.2, 0) is 14.8 Å². The molecule has 2 aliphatic heterocycles. The third kappa shape index (κ3) is 4.94. The van der Waals surface area contributed by atoms with E-state index in [4.69, 9.17) is 4.74 Å². The summed E-state index contributed by atoms with van der Waals surface area (Å²) in [6.45, 7) is 2.35. The molecule has 0 unspecified atom stereocenters. The van der Waals surface area contributed by atoms with Crippen LogP contribution in [0.4, 0.5) is 5.69 Å². The van der Waals surface area contributed by atoms with Crippen LogP contribution in [0.5, 0.6) is 5.75 Å². The first-order chi connectivity index (χ1) is 15.4. The fraction of sp³-hybridized carbons (Fsp3) is 0.391. The number of ether oxygens (including phenoxy) is 1. The van der Waals surface area contributed by atoms with Crippen LogP contribution in [0, 0.1) is 0 Å². The van der Waals surface area contributed by atoms with Gasteiger partial charge in [-0.05, 0) is 61.7 Å². The zero-order chi connectivity index (χ0) is 22.6. The van der Waals surface area contributed by atoms with Crippen molar-refractivity contribution in [2.75, 3.05) is 37.7 Å². The number of carbonyl (C=O) groups is 2. The molecular formula is C23H27N3O5S. The van der Waals surface area contributed by atoms with Crippen molar-refractivity contribution in [2.45, 2.75) is 30.6 Å². The van der Waals surface area contributed by atoms with Gasteiger partial charge in [0, 0.05) is 37.3 Å². The van der Waals surface area contributed by atoms with E-state index in [2.05, 4.69) is 5.32 Å². The summed E-state index contributed by atoms with van der Waals surface area (Å²) in [6.07, 6.45) is 3.16. The van der Waals surface area contributed by atoms with Crippen LogP contribution >= 0.6 is 0 Å². The Labute approximate surface area is 188 Å². The van der Waals surface area contributed by atoms with Gasteiger partial charge in [0.1, 0.15) is 12.4 Å². The van der Waals surface area contributed by atoms with Gasteiger partial charge in [-0.1, -0.05) is 6.07 Å². The van der Waals surface area contributed by atoms with Gasteiger partial charge in [0.15, 0.2) is 0 Å². The maximum atomic E-state index is 12.6. The fourth-order valence-corrected chi connectivity index (χ4v) is 5.47. The normalized spacial score (nSPS) is 17.0. The summed E-state index contributed by atoms with van der Waals surface area (Å²) < 4.78 is 32.3. The predicted molar refractivity (Wildman–Crippen MR) is 120 cm³/mol. The lowest BCUT2D eigenvalue weighted by Crippen LogP contribution is -2.29. The highest BCUT2D eigenvalue weighted by molar-refractivity contribution is 7.89. The van der Waals surface area contributed by atoms with Crippen LogP contribution in [0.1, 0.15) is 36.0 Å². The van der Waals surface area contributed by atoms with Crippen molar-refractivity contribution in [2.24, 2.45) is 0 Å². The topological polar surface area (TPSA) is 96.0 Å². The second-order valence-corrected chi connectivity index (χ2v) is 9.82. The summed E-state index contributed by atoms with van der Waals surface area (Å²) in [5.41, 5.74) is 1.22. The van der Waals surface area contributed by atoms with Gasteiger partial charge in [-0.2, -0.15) is 4.31 Å². The molecular weight excluding hydrogens is 430 g/mol. The van der Waals surface area contributed by atoms with Gasteiger partial charge >= 0.3 is 0 Å². The maximum Gasteiger partial charge on any atom is 0.251 e. The Balaban J connectivity index is 1.26. The summed E-state index contributed by atoms with van der Waals surface area (Å²) in [5, 5.41) is 2.80. The minimum absolute atomic E-state index is 0.0789. The summed E-state index contributed by atoms with van der Waals surface area (Å²) in [4.78, 5) is 26.3. The molecule has 9 heteroatoms. The van der Waals surface area contributed by atoms with Crippen molar-refractivity contribution in [3.63, 3.8) is 0 Å². The van der Waals surface area contributed by atoms with Gasteiger partial charge in [-0.25, -0.2) is 8.42 Å². The molecule has 2 saturated heterocycles. The van der Waals surface area contributed by atoms with Crippen LogP contribution in [0.2, 0.25) is 0 Å². The Morgan fingerprint density at radius 3 is 2.44 bits per heavy atom. The van der Waals surface area contributed by atoms with Gasteiger partial charge in [0.25, 0.3) is 5.91 Å². The maximum absolute atomic E-state index is 12.6. The number of anilines is 1. The summed E-state index contributed by atoms with van der Waals surface area (Å²) in [5.74, 6) is 0.374. The van der Waals surface area contributed by atoms with Gasteiger partial charge in [-0.3, -0.25) is 9.59 Å². The minimum Gasteiger partial charge on any atom is -0.492 e. The molecule has 0 aromatic heterocycles. The lowest BCUT2D eigenvalue weighted by atomic mass is 10.1. The smallest absolute Gasteiger partial charge is 0.251 e. The Hall–Kier alpha value is -2.91. The average Bonchev–Trinajstić information content (AvgIpc) is 3.49. The number of sulfonamides is 1. The Morgan fingerprint density at radius 2 is 1.75 bits per heavy atom. The van der Waals surface area contributed by atoms with Crippen molar-refractivity contribution in [1.29, 1.82) is 0 Å². The van der Waals surface area contributed by atoms with Crippen LogP contribution in [0.15, 0.2) is 53.4 Å². The Morgan fingerprint density at radius 1 is 1.00 bits per heavy atom. The predicted octanol–water partition coefficient (Wildman–Crippen LogP) is 2.41. The monoisotopic (exact) mass is 457 g/mol. The van der Waals surface area contributed by atoms with Crippen LogP contribution < -0.4 is 15.0 Å². The van der Waals surface area contributed by atoms with Crippen LogP contribution in [-0.4, -0.2) is 57.3 Å². The summed E-state index contributed by atoms with van der Waals surface area (Å²) in [7, 11) is -3.44. The minimum atomic E-state index is -3.44. The molecule has 4 rings (SSSR count). The highest BCUT2D eigenvalue weighted by Crippen LogP contribution is 2.23. The molecule has 0 saturated carbocycles. The average molecular weight is 458 g/mol. The van der Waals surface area contributed by atoms with Crippen LogP contribution in [0.25, 0.3) is 0 Å². The largest absolute Gasteiger partial charge is 0.492 e.